The minimum atomic E-state index is 0.110. The van der Waals surface area contributed by atoms with Gasteiger partial charge in [-0.2, -0.15) is 0 Å². The molecule has 0 spiro atoms. The molecule has 1 amide bonds. The number of carbonyl (C=O) groups is 1. The van der Waals surface area contributed by atoms with E-state index in [0.29, 0.717) is 18.4 Å². The summed E-state index contributed by atoms with van der Waals surface area (Å²) in [6.07, 6.45) is 3.23. The van der Waals surface area contributed by atoms with Crippen molar-refractivity contribution in [1.82, 2.24) is 4.90 Å². The maximum Gasteiger partial charge on any atom is 0.254 e. The Balaban J connectivity index is 1.68. The van der Waals surface area contributed by atoms with Crippen LogP contribution in [0.1, 0.15) is 36.5 Å². The van der Waals surface area contributed by atoms with Crippen LogP contribution in [0.2, 0.25) is 0 Å². The first-order valence-electron chi connectivity index (χ1n) is 7.96. The van der Waals surface area contributed by atoms with Crippen molar-refractivity contribution in [3.05, 3.63) is 29.8 Å². The van der Waals surface area contributed by atoms with E-state index in [1.807, 2.05) is 29.2 Å². The van der Waals surface area contributed by atoms with Gasteiger partial charge in [-0.05, 0) is 49.3 Å². The Kier molecular flexibility index (Phi) is 4.15. The molecule has 3 rings (SSSR count). The zero-order valence-electron chi connectivity index (χ0n) is 12.6. The summed E-state index contributed by atoms with van der Waals surface area (Å²) in [6, 6.07) is 7.79. The van der Waals surface area contributed by atoms with Crippen LogP contribution in [0.15, 0.2) is 24.3 Å². The first-order chi connectivity index (χ1) is 10.2. The molecule has 2 fully saturated rings. The van der Waals surface area contributed by atoms with Crippen LogP contribution in [-0.2, 0) is 0 Å². The molecule has 1 saturated carbocycles. The van der Waals surface area contributed by atoms with Crippen molar-refractivity contribution in [1.29, 1.82) is 0 Å². The average molecular weight is 288 g/mol. The van der Waals surface area contributed by atoms with Crippen LogP contribution in [0.3, 0.4) is 0 Å². The molecule has 0 radical (unpaired) electrons. The molecule has 1 aromatic carbocycles. The van der Waals surface area contributed by atoms with E-state index in [9.17, 15) is 4.79 Å². The van der Waals surface area contributed by atoms with Crippen molar-refractivity contribution in [2.75, 3.05) is 19.7 Å². The summed E-state index contributed by atoms with van der Waals surface area (Å²) in [6.45, 7) is 4.42. The molecule has 1 saturated heterocycles. The van der Waals surface area contributed by atoms with Crippen molar-refractivity contribution < 1.29 is 9.53 Å². The third-order valence-corrected chi connectivity index (χ3v) is 4.75. The van der Waals surface area contributed by atoms with Crippen molar-refractivity contribution >= 4 is 5.91 Å². The minimum Gasteiger partial charge on any atom is -0.494 e. The highest BCUT2D eigenvalue weighted by Gasteiger charge is 2.42. The van der Waals surface area contributed by atoms with Crippen molar-refractivity contribution in [3.8, 4) is 5.75 Å². The fourth-order valence-electron chi connectivity index (χ4n) is 3.59. The molecular weight excluding hydrogens is 264 g/mol. The van der Waals surface area contributed by atoms with Crippen molar-refractivity contribution in [2.24, 2.45) is 17.6 Å². The van der Waals surface area contributed by atoms with Gasteiger partial charge in [0.2, 0.25) is 0 Å². The van der Waals surface area contributed by atoms with Crippen molar-refractivity contribution in [3.63, 3.8) is 0 Å². The quantitative estimate of drug-likeness (QED) is 0.925. The molecule has 1 aliphatic carbocycles. The maximum atomic E-state index is 12.6. The summed E-state index contributed by atoms with van der Waals surface area (Å²) < 4.78 is 5.61. The van der Waals surface area contributed by atoms with Crippen LogP contribution in [-0.4, -0.2) is 36.5 Å². The lowest BCUT2D eigenvalue weighted by Crippen LogP contribution is -2.33. The smallest absolute Gasteiger partial charge is 0.254 e. The highest BCUT2D eigenvalue weighted by Crippen LogP contribution is 2.37. The Bertz CT molecular complexity index is 517. The Morgan fingerprint density at radius 2 is 2.24 bits per heavy atom. The molecule has 4 nitrogen and oxygen atoms in total. The van der Waals surface area contributed by atoms with E-state index in [0.717, 1.165) is 43.7 Å². The molecule has 0 aromatic heterocycles. The third kappa shape index (κ3) is 2.91. The van der Waals surface area contributed by atoms with Gasteiger partial charge < -0.3 is 15.4 Å². The predicted octanol–water partition coefficient (Wildman–Crippen LogP) is 2.28. The Hall–Kier alpha value is -1.55. The molecule has 21 heavy (non-hydrogen) atoms. The number of likely N-dealkylation sites (tertiary alicyclic amines) is 1. The lowest BCUT2D eigenvalue weighted by atomic mass is 9.98. The number of amides is 1. The zero-order valence-corrected chi connectivity index (χ0v) is 12.6. The summed E-state index contributed by atoms with van der Waals surface area (Å²) in [4.78, 5) is 14.6. The Labute approximate surface area is 126 Å². The second kappa shape index (κ2) is 6.06. The van der Waals surface area contributed by atoms with Gasteiger partial charge in [-0.1, -0.05) is 13.0 Å². The van der Waals surface area contributed by atoms with Crippen LogP contribution in [0.4, 0.5) is 0 Å². The molecule has 114 valence electrons. The number of ether oxygens (including phenoxy) is 1. The largest absolute Gasteiger partial charge is 0.494 e. The number of benzene rings is 1. The fraction of sp³-hybridized carbons (Fsp3) is 0.588. The van der Waals surface area contributed by atoms with Gasteiger partial charge in [-0.3, -0.25) is 4.79 Å². The second-order valence-corrected chi connectivity index (χ2v) is 6.25. The number of carbonyl (C=O) groups excluding carboxylic acids is 1. The van der Waals surface area contributed by atoms with Gasteiger partial charge in [0.25, 0.3) is 5.91 Å². The van der Waals surface area contributed by atoms with Gasteiger partial charge in [0.15, 0.2) is 0 Å². The first-order valence-corrected chi connectivity index (χ1v) is 7.96. The van der Waals surface area contributed by atoms with Gasteiger partial charge in [0, 0.05) is 24.7 Å². The average Bonchev–Trinajstić information content (AvgIpc) is 3.07. The maximum absolute atomic E-state index is 12.6. The first kappa shape index (κ1) is 14.4. The molecule has 1 heterocycles. The zero-order chi connectivity index (χ0) is 14.8. The van der Waals surface area contributed by atoms with Gasteiger partial charge in [0.1, 0.15) is 5.75 Å². The standard InChI is InChI=1S/C17H24N2O2/c1-2-8-21-14-5-3-4-12(9-14)17(20)19-10-13-6-7-16(18)15(13)11-19/h3-5,9,13,15-16H,2,6-8,10-11,18H2,1H3. The van der Waals surface area contributed by atoms with Gasteiger partial charge in [-0.25, -0.2) is 0 Å². The number of hydrogen-bond donors (Lipinski definition) is 1. The van der Waals surface area contributed by atoms with E-state index >= 15 is 0 Å². The van der Waals surface area contributed by atoms with E-state index in [2.05, 4.69) is 6.92 Å². The van der Waals surface area contributed by atoms with Gasteiger partial charge in [-0.15, -0.1) is 0 Å². The Morgan fingerprint density at radius 3 is 3.00 bits per heavy atom. The summed E-state index contributed by atoms with van der Waals surface area (Å²) in [7, 11) is 0. The molecular formula is C17H24N2O2. The SMILES string of the molecule is CCCOc1cccc(C(=O)N2CC3CCC(N)C3C2)c1. The van der Waals surface area contributed by atoms with Crippen LogP contribution in [0, 0.1) is 11.8 Å². The summed E-state index contributed by atoms with van der Waals surface area (Å²) >= 11 is 0. The molecule has 0 bridgehead atoms. The summed E-state index contributed by atoms with van der Waals surface area (Å²) in [5.41, 5.74) is 6.86. The van der Waals surface area contributed by atoms with Crippen LogP contribution in [0.5, 0.6) is 5.75 Å². The molecule has 2 N–H and O–H groups in total. The lowest BCUT2D eigenvalue weighted by molar-refractivity contribution is 0.0779. The van der Waals surface area contributed by atoms with Gasteiger partial charge >= 0.3 is 0 Å². The molecule has 4 heteroatoms. The van der Waals surface area contributed by atoms with Crippen molar-refractivity contribution in [2.45, 2.75) is 32.2 Å². The topological polar surface area (TPSA) is 55.6 Å². The number of rotatable bonds is 4. The van der Waals surface area contributed by atoms with Crippen LogP contribution < -0.4 is 10.5 Å². The van der Waals surface area contributed by atoms with Gasteiger partial charge in [0.05, 0.1) is 6.61 Å². The minimum absolute atomic E-state index is 0.110. The number of hydrogen-bond acceptors (Lipinski definition) is 3. The monoisotopic (exact) mass is 288 g/mol. The number of nitrogens with two attached hydrogens (primary N) is 1. The molecule has 3 unspecified atom stereocenters. The number of nitrogens with zero attached hydrogens (tertiary/aromatic N) is 1. The Morgan fingerprint density at radius 1 is 1.38 bits per heavy atom. The molecule has 1 aliphatic heterocycles. The van der Waals surface area contributed by atoms with Crippen LogP contribution in [0.25, 0.3) is 0 Å². The van der Waals surface area contributed by atoms with Crippen LogP contribution >= 0.6 is 0 Å². The number of fused-ring (bicyclic) bond motifs is 1. The third-order valence-electron chi connectivity index (χ3n) is 4.75. The highest BCUT2D eigenvalue weighted by atomic mass is 16.5. The molecule has 1 aromatic rings. The predicted molar refractivity (Wildman–Crippen MR) is 82.3 cm³/mol. The lowest BCUT2D eigenvalue weighted by Gasteiger charge is -2.19. The van der Waals surface area contributed by atoms with E-state index in [1.54, 1.807) is 0 Å². The van der Waals surface area contributed by atoms with E-state index in [4.69, 9.17) is 10.5 Å². The molecule has 3 atom stereocenters. The van der Waals surface area contributed by atoms with E-state index in [1.165, 1.54) is 0 Å². The summed E-state index contributed by atoms with van der Waals surface area (Å²) in [5, 5.41) is 0. The fourth-order valence-corrected chi connectivity index (χ4v) is 3.59. The second-order valence-electron chi connectivity index (χ2n) is 6.25. The molecule has 2 aliphatic rings. The normalized spacial score (nSPS) is 27.7. The van der Waals surface area contributed by atoms with E-state index < -0.39 is 0 Å². The summed E-state index contributed by atoms with van der Waals surface area (Å²) in [5.74, 6) is 1.98. The van der Waals surface area contributed by atoms with E-state index in [-0.39, 0.29) is 11.9 Å². The highest BCUT2D eigenvalue weighted by molar-refractivity contribution is 5.94.